The lowest BCUT2D eigenvalue weighted by Gasteiger charge is -2.10. The summed E-state index contributed by atoms with van der Waals surface area (Å²) in [5.41, 5.74) is 6.17. The Morgan fingerprint density at radius 1 is 1.30 bits per heavy atom. The lowest BCUT2D eigenvalue weighted by atomic mass is 10.2. The number of anilines is 3. The molecule has 0 aliphatic rings. The van der Waals surface area contributed by atoms with E-state index in [1.807, 2.05) is 0 Å². The molecule has 0 amide bonds. The number of rotatable bonds is 3. The first-order valence-corrected chi connectivity index (χ1v) is 5.57. The number of nitrogens with zero attached hydrogens (tertiary/aromatic N) is 1. The van der Waals surface area contributed by atoms with Crippen molar-refractivity contribution in [3.63, 3.8) is 0 Å². The highest BCUT2D eigenvalue weighted by Crippen LogP contribution is 2.22. The Balaban J connectivity index is 2.37. The van der Waals surface area contributed by atoms with Crippen LogP contribution in [-0.4, -0.2) is 18.1 Å². The third-order valence-corrected chi connectivity index (χ3v) is 2.50. The van der Waals surface area contributed by atoms with E-state index in [9.17, 15) is 13.6 Å². The van der Waals surface area contributed by atoms with Gasteiger partial charge in [-0.1, -0.05) is 0 Å². The van der Waals surface area contributed by atoms with Crippen LogP contribution in [0.4, 0.5) is 26.0 Å². The maximum Gasteiger partial charge on any atom is 0.341 e. The monoisotopic (exact) mass is 279 g/mol. The number of hydrogen-bond acceptors (Lipinski definition) is 5. The Morgan fingerprint density at radius 2 is 2.05 bits per heavy atom. The number of carbonyl (C=O) groups is 1. The number of benzene rings is 1. The van der Waals surface area contributed by atoms with Crippen LogP contribution in [0.1, 0.15) is 10.4 Å². The van der Waals surface area contributed by atoms with E-state index >= 15 is 0 Å². The van der Waals surface area contributed by atoms with Crippen molar-refractivity contribution in [2.75, 3.05) is 18.2 Å². The molecule has 3 N–H and O–H groups in total. The number of esters is 1. The van der Waals surface area contributed by atoms with Gasteiger partial charge in [0.15, 0.2) is 11.6 Å². The average Bonchev–Trinajstić information content (AvgIpc) is 2.44. The largest absolute Gasteiger partial charge is 0.465 e. The van der Waals surface area contributed by atoms with E-state index in [1.165, 1.54) is 25.4 Å². The first kappa shape index (κ1) is 13.7. The Kier molecular flexibility index (Phi) is 3.79. The fourth-order valence-corrected chi connectivity index (χ4v) is 1.56. The molecule has 1 heterocycles. The van der Waals surface area contributed by atoms with Crippen molar-refractivity contribution in [3.05, 3.63) is 47.7 Å². The molecule has 2 rings (SSSR count). The summed E-state index contributed by atoms with van der Waals surface area (Å²) in [7, 11) is 1.22. The van der Waals surface area contributed by atoms with Crippen molar-refractivity contribution in [1.82, 2.24) is 4.98 Å². The Hall–Kier alpha value is -2.70. The molecule has 20 heavy (non-hydrogen) atoms. The van der Waals surface area contributed by atoms with Crippen molar-refractivity contribution in [2.24, 2.45) is 0 Å². The number of methoxy groups -OCH3 is 1. The molecule has 0 bridgehead atoms. The van der Waals surface area contributed by atoms with Crippen molar-refractivity contribution in [1.29, 1.82) is 0 Å². The van der Waals surface area contributed by atoms with Crippen LogP contribution in [-0.2, 0) is 4.74 Å². The first-order valence-electron chi connectivity index (χ1n) is 5.57. The molecular formula is C13H11F2N3O2. The molecule has 104 valence electrons. The highest BCUT2D eigenvalue weighted by atomic mass is 19.2. The lowest BCUT2D eigenvalue weighted by molar-refractivity contribution is 0.0601. The van der Waals surface area contributed by atoms with Gasteiger partial charge in [-0.15, -0.1) is 0 Å². The van der Waals surface area contributed by atoms with Gasteiger partial charge in [0.25, 0.3) is 0 Å². The zero-order valence-corrected chi connectivity index (χ0v) is 10.5. The van der Waals surface area contributed by atoms with Crippen LogP contribution in [0.5, 0.6) is 0 Å². The summed E-state index contributed by atoms with van der Waals surface area (Å²) in [5, 5.41) is 2.71. The summed E-state index contributed by atoms with van der Waals surface area (Å²) in [6, 6.07) is 4.61. The summed E-state index contributed by atoms with van der Waals surface area (Å²) >= 11 is 0. The second-order valence-electron chi connectivity index (χ2n) is 3.91. The molecule has 2 aromatic rings. The predicted molar refractivity (Wildman–Crippen MR) is 69.6 cm³/mol. The summed E-state index contributed by atoms with van der Waals surface area (Å²) in [4.78, 5) is 15.5. The minimum atomic E-state index is -1.01. The minimum Gasteiger partial charge on any atom is -0.465 e. The Labute approximate surface area is 113 Å². The van der Waals surface area contributed by atoms with Crippen LogP contribution in [0.3, 0.4) is 0 Å². The van der Waals surface area contributed by atoms with Crippen LogP contribution in [0.15, 0.2) is 30.5 Å². The van der Waals surface area contributed by atoms with Crippen LogP contribution in [0.25, 0.3) is 0 Å². The number of ether oxygens (including phenoxy) is 1. The van der Waals surface area contributed by atoms with E-state index in [2.05, 4.69) is 15.0 Å². The number of nitrogens with two attached hydrogens (primary N) is 1. The summed E-state index contributed by atoms with van der Waals surface area (Å²) < 4.78 is 30.6. The van der Waals surface area contributed by atoms with Crippen molar-refractivity contribution >= 4 is 23.2 Å². The summed E-state index contributed by atoms with van der Waals surface area (Å²) in [6.07, 6.45) is 1.33. The molecule has 0 radical (unpaired) electrons. The van der Waals surface area contributed by atoms with Crippen molar-refractivity contribution in [3.8, 4) is 0 Å². The van der Waals surface area contributed by atoms with Gasteiger partial charge in [-0.2, -0.15) is 0 Å². The van der Waals surface area contributed by atoms with Gasteiger partial charge in [0.1, 0.15) is 11.4 Å². The Bertz CT molecular complexity index is 662. The molecule has 0 fully saturated rings. The lowest BCUT2D eigenvalue weighted by Crippen LogP contribution is -2.08. The van der Waals surface area contributed by atoms with Gasteiger partial charge < -0.3 is 15.8 Å². The highest BCUT2D eigenvalue weighted by Gasteiger charge is 2.14. The molecule has 0 atom stereocenters. The van der Waals surface area contributed by atoms with Crippen LogP contribution in [0, 0.1) is 11.6 Å². The number of nitrogens with one attached hydrogen (secondary N) is 1. The maximum atomic E-state index is 13.1. The van der Waals surface area contributed by atoms with Gasteiger partial charge in [0, 0.05) is 11.8 Å². The van der Waals surface area contributed by atoms with Crippen LogP contribution >= 0.6 is 0 Å². The Morgan fingerprint density at radius 3 is 2.70 bits per heavy atom. The number of halogens is 2. The number of hydrogen-bond donors (Lipinski definition) is 2. The third kappa shape index (κ3) is 2.82. The van der Waals surface area contributed by atoms with E-state index in [0.717, 1.165) is 12.1 Å². The van der Waals surface area contributed by atoms with Gasteiger partial charge in [0.05, 0.1) is 19.0 Å². The van der Waals surface area contributed by atoms with E-state index in [4.69, 9.17) is 5.73 Å². The summed E-state index contributed by atoms with van der Waals surface area (Å²) in [6.45, 7) is 0. The van der Waals surface area contributed by atoms with Gasteiger partial charge in [0.2, 0.25) is 0 Å². The van der Waals surface area contributed by atoms with Gasteiger partial charge in [-0.3, -0.25) is 0 Å². The molecule has 7 heteroatoms. The van der Waals surface area contributed by atoms with E-state index in [0.29, 0.717) is 0 Å². The number of pyridine rings is 1. The van der Waals surface area contributed by atoms with Gasteiger partial charge >= 0.3 is 5.97 Å². The summed E-state index contributed by atoms with van der Waals surface area (Å²) in [5.74, 6) is -2.48. The third-order valence-electron chi connectivity index (χ3n) is 2.50. The smallest absolute Gasteiger partial charge is 0.341 e. The fourth-order valence-electron chi connectivity index (χ4n) is 1.56. The molecule has 1 aromatic heterocycles. The standard InChI is InChI=1S/C13H11F2N3O2/c1-20-13(19)9-4-7(16)6-17-12(9)18-8-2-3-10(14)11(15)5-8/h2-6H,16H2,1H3,(H,17,18). The zero-order valence-electron chi connectivity index (χ0n) is 10.5. The second kappa shape index (κ2) is 5.52. The number of aromatic nitrogens is 1. The number of nitrogen functional groups attached to an aromatic ring is 1. The molecule has 0 unspecified atom stereocenters. The quantitative estimate of drug-likeness (QED) is 0.844. The van der Waals surface area contributed by atoms with E-state index in [-0.39, 0.29) is 22.8 Å². The molecule has 5 nitrogen and oxygen atoms in total. The highest BCUT2D eigenvalue weighted by molar-refractivity contribution is 5.96. The average molecular weight is 279 g/mol. The minimum absolute atomic E-state index is 0.0947. The SMILES string of the molecule is COC(=O)c1cc(N)cnc1Nc1ccc(F)c(F)c1. The first-order chi connectivity index (χ1) is 9.51. The predicted octanol–water partition coefficient (Wildman–Crippen LogP) is 2.47. The van der Waals surface area contributed by atoms with Crippen molar-refractivity contribution in [2.45, 2.75) is 0 Å². The molecular weight excluding hydrogens is 268 g/mol. The molecule has 0 aliphatic carbocycles. The fraction of sp³-hybridized carbons (Fsp3) is 0.0769. The van der Waals surface area contributed by atoms with Crippen LogP contribution in [0.2, 0.25) is 0 Å². The van der Waals surface area contributed by atoms with Crippen molar-refractivity contribution < 1.29 is 18.3 Å². The normalized spacial score (nSPS) is 10.2. The van der Waals surface area contributed by atoms with E-state index in [1.54, 1.807) is 0 Å². The van der Waals surface area contributed by atoms with Gasteiger partial charge in [-0.05, 0) is 18.2 Å². The van der Waals surface area contributed by atoms with Gasteiger partial charge in [-0.25, -0.2) is 18.6 Å². The van der Waals surface area contributed by atoms with Crippen LogP contribution < -0.4 is 11.1 Å². The molecule has 0 saturated carbocycles. The molecule has 1 aromatic carbocycles. The van der Waals surface area contributed by atoms with E-state index < -0.39 is 17.6 Å². The molecule has 0 saturated heterocycles. The topological polar surface area (TPSA) is 77.2 Å². The second-order valence-corrected chi connectivity index (χ2v) is 3.91. The number of carbonyl (C=O) groups excluding carboxylic acids is 1. The zero-order chi connectivity index (χ0) is 14.7. The molecule has 0 aliphatic heterocycles. The molecule has 0 spiro atoms. The maximum absolute atomic E-state index is 13.1.